The van der Waals surface area contributed by atoms with Gasteiger partial charge in [-0.15, -0.1) is 10.2 Å². The number of nitrogens with zero attached hydrogens (tertiary/aromatic N) is 3. The van der Waals surface area contributed by atoms with E-state index in [1.807, 2.05) is 35.0 Å². The highest BCUT2D eigenvalue weighted by atomic mass is 16.5. The average Bonchev–Trinajstić information content (AvgIpc) is 2.93. The molecule has 0 atom stereocenters. The second-order valence-electron chi connectivity index (χ2n) is 5.44. The molecular formula is C16H19N5O. The Labute approximate surface area is 129 Å². The molecule has 1 aromatic heterocycles. The lowest BCUT2D eigenvalue weighted by atomic mass is 10.0. The summed E-state index contributed by atoms with van der Waals surface area (Å²) in [4.78, 5) is 0. The van der Waals surface area contributed by atoms with Crippen LogP contribution in [0.5, 0.6) is 5.75 Å². The second-order valence-corrected chi connectivity index (χ2v) is 5.44. The van der Waals surface area contributed by atoms with Crippen molar-refractivity contribution in [3.63, 3.8) is 0 Å². The zero-order valence-corrected chi connectivity index (χ0v) is 12.7. The molecule has 2 heterocycles. The first-order valence-electron chi connectivity index (χ1n) is 7.33. The number of hydrogen-bond donors (Lipinski definition) is 2. The van der Waals surface area contributed by atoms with Gasteiger partial charge < -0.3 is 10.1 Å². The third-order valence-electron chi connectivity index (χ3n) is 3.61. The van der Waals surface area contributed by atoms with Gasteiger partial charge in [0, 0.05) is 24.2 Å². The first kappa shape index (κ1) is 14.3. The Balaban J connectivity index is 1.85. The van der Waals surface area contributed by atoms with E-state index >= 15 is 0 Å². The lowest BCUT2D eigenvalue weighted by Gasteiger charge is -2.10. The molecule has 3 rings (SSSR count). The molecule has 0 bridgehead atoms. The standard InChI is InChI=1S/C16H19N5O/c1-11(2)21-10-19-20-16(21)18-9-12-7-8-22-14-6-4-3-5-13(14)15(12)17/h3-6,9-11,17H,7-8H2,1-2H3,(H,18,20)/b12-9-,17-15?. The summed E-state index contributed by atoms with van der Waals surface area (Å²) in [5.41, 5.74) is 2.19. The Hall–Kier alpha value is -2.63. The lowest BCUT2D eigenvalue weighted by Crippen LogP contribution is -2.08. The number of aromatic nitrogens is 3. The molecule has 114 valence electrons. The number of rotatable bonds is 3. The Bertz CT molecular complexity index is 717. The number of para-hydroxylation sites is 1. The predicted molar refractivity (Wildman–Crippen MR) is 85.5 cm³/mol. The molecule has 1 aromatic carbocycles. The van der Waals surface area contributed by atoms with Crippen molar-refractivity contribution < 1.29 is 4.74 Å². The van der Waals surface area contributed by atoms with Crippen LogP contribution in [0, 0.1) is 5.41 Å². The fourth-order valence-corrected chi connectivity index (χ4v) is 2.39. The molecule has 1 aliphatic rings. The summed E-state index contributed by atoms with van der Waals surface area (Å²) in [6, 6.07) is 7.92. The fourth-order valence-electron chi connectivity index (χ4n) is 2.39. The van der Waals surface area contributed by atoms with Gasteiger partial charge in [0.1, 0.15) is 12.1 Å². The van der Waals surface area contributed by atoms with Crippen LogP contribution in [-0.2, 0) is 0 Å². The predicted octanol–water partition coefficient (Wildman–Crippen LogP) is 3.01. The van der Waals surface area contributed by atoms with Crippen LogP contribution < -0.4 is 10.1 Å². The quantitative estimate of drug-likeness (QED) is 0.913. The van der Waals surface area contributed by atoms with Crippen molar-refractivity contribution in [1.29, 1.82) is 5.41 Å². The van der Waals surface area contributed by atoms with Gasteiger partial charge in [-0.1, -0.05) is 12.1 Å². The molecule has 6 nitrogen and oxygen atoms in total. The number of benzene rings is 1. The Morgan fingerprint density at radius 1 is 1.36 bits per heavy atom. The number of nitrogens with one attached hydrogen (secondary N) is 2. The van der Waals surface area contributed by atoms with E-state index in [9.17, 15) is 0 Å². The highest BCUT2D eigenvalue weighted by molar-refractivity contribution is 6.12. The van der Waals surface area contributed by atoms with Gasteiger partial charge in [-0.2, -0.15) is 0 Å². The van der Waals surface area contributed by atoms with Crippen molar-refractivity contribution >= 4 is 11.7 Å². The van der Waals surface area contributed by atoms with Crippen LogP contribution in [0.1, 0.15) is 31.9 Å². The molecule has 22 heavy (non-hydrogen) atoms. The van der Waals surface area contributed by atoms with Gasteiger partial charge in [-0.25, -0.2) is 0 Å². The minimum absolute atomic E-state index is 0.272. The zero-order valence-electron chi connectivity index (χ0n) is 12.7. The average molecular weight is 297 g/mol. The van der Waals surface area contributed by atoms with Crippen LogP contribution in [0.4, 0.5) is 5.95 Å². The minimum Gasteiger partial charge on any atom is -0.493 e. The van der Waals surface area contributed by atoms with E-state index in [0.29, 0.717) is 24.7 Å². The highest BCUT2D eigenvalue weighted by Gasteiger charge is 2.17. The Morgan fingerprint density at radius 3 is 3.00 bits per heavy atom. The van der Waals surface area contributed by atoms with Crippen LogP contribution in [0.2, 0.25) is 0 Å². The van der Waals surface area contributed by atoms with Crippen molar-refractivity contribution in [2.45, 2.75) is 26.3 Å². The molecule has 0 unspecified atom stereocenters. The second kappa shape index (κ2) is 6.01. The zero-order chi connectivity index (χ0) is 15.5. The number of hydrogen-bond acceptors (Lipinski definition) is 5. The van der Waals surface area contributed by atoms with Crippen molar-refractivity contribution in [2.24, 2.45) is 0 Å². The summed E-state index contributed by atoms with van der Waals surface area (Å²) in [6.45, 7) is 4.70. The van der Waals surface area contributed by atoms with Crippen LogP contribution in [0.25, 0.3) is 0 Å². The van der Waals surface area contributed by atoms with Gasteiger partial charge in [0.05, 0.1) is 12.3 Å². The van der Waals surface area contributed by atoms with E-state index in [1.165, 1.54) is 0 Å². The van der Waals surface area contributed by atoms with Gasteiger partial charge in [0.2, 0.25) is 5.95 Å². The summed E-state index contributed by atoms with van der Waals surface area (Å²) in [6.07, 6.45) is 4.20. The van der Waals surface area contributed by atoms with Crippen molar-refractivity contribution in [2.75, 3.05) is 11.9 Å². The van der Waals surface area contributed by atoms with E-state index in [4.69, 9.17) is 10.1 Å². The van der Waals surface area contributed by atoms with Crippen LogP contribution in [0.3, 0.4) is 0 Å². The van der Waals surface area contributed by atoms with Crippen molar-refractivity contribution in [3.8, 4) is 5.75 Å². The minimum atomic E-state index is 0.272. The van der Waals surface area contributed by atoms with Gasteiger partial charge in [0.15, 0.2) is 0 Å². The van der Waals surface area contributed by atoms with E-state index in [1.54, 1.807) is 6.33 Å². The summed E-state index contributed by atoms with van der Waals surface area (Å²) >= 11 is 0. The number of fused-ring (bicyclic) bond motifs is 1. The first-order valence-corrected chi connectivity index (χ1v) is 7.33. The molecule has 2 aromatic rings. The fraction of sp³-hybridized carbons (Fsp3) is 0.312. The number of ether oxygens (including phenoxy) is 1. The SMILES string of the molecule is CC(C)n1cnnc1N/C=C1/CCOc2ccccc2C1=N. The Kier molecular flexibility index (Phi) is 3.91. The maximum absolute atomic E-state index is 8.40. The van der Waals surface area contributed by atoms with E-state index in [2.05, 4.69) is 29.4 Å². The smallest absolute Gasteiger partial charge is 0.228 e. The molecule has 0 radical (unpaired) electrons. The third kappa shape index (κ3) is 2.72. The van der Waals surface area contributed by atoms with Crippen LogP contribution >= 0.6 is 0 Å². The summed E-state index contributed by atoms with van der Waals surface area (Å²) in [5, 5.41) is 19.6. The largest absolute Gasteiger partial charge is 0.493 e. The molecular weight excluding hydrogens is 278 g/mol. The molecule has 0 fully saturated rings. The van der Waals surface area contributed by atoms with Crippen molar-refractivity contribution in [1.82, 2.24) is 14.8 Å². The van der Waals surface area contributed by atoms with Gasteiger partial charge in [-0.3, -0.25) is 9.98 Å². The summed E-state index contributed by atoms with van der Waals surface area (Å²) < 4.78 is 7.65. The van der Waals surface area contributed by atoms with Crippen LogP contribution in [0.15, 0.2) is 42.4 Å². The van der Waals surface area contributed by atoms with Crippen LogP contribution in [-0.4, -0.2) is 27.1 Å². The van der Waals surface area contributed by atoms with Gasteiger partial charge in [0.25, 0.3) is 0 Å². The topological polar surface area (TPSA) is 75.8 Å². The maximum atomic E-state index is 8.40. The number of anilines is 1. The molecule has 0 saturated heterocycles. The highest BCUT2D eigenvalue weighted by Crippen LogP contribution is 2.26. The molecule has 0 spiro atoms. The van der Waals surface area contributed by atoms with E-state index in [-0.39, 0.29) is 6.04 Å². The summed E-state index contributed by atoms with van der Waals surface area (Å²) in [5.74, 6) is 1.44. The first-order chi connectivity index (χ1) is 10.7. The van der Waals surface area contributed by atoms with Crippen molar-refractivity contribution in [3.05, 3.63) is 47.9 Å². The monoisotopic (exact) mass is 297 g/mol. The maximum Gasteiger partial charge on any atom is 0.228 e. The van der Waals surface area contributed by atoms with E-state index in [0.717, 1.165) is 16.9 Å². The van der Waals surface area contributed by atoms with Gasteiger partial charge >= 0.3 is 0 Å². The molecule has 1 aliphatic heterocycles. The van der Waals surface area contributed by atoms with E-state index < -0.39 is 0 Å². The molecule has 0 aliphatic carbocycles. The third-order valence-corrected chi connectivity index (χ3v) is 3.61. The molecule has 0 amide bonds. The molecule has 6 heteroatoms. The molecule has 0 saturated carbocycles. The Morgan fingerprint density at radius 2 is 2.18 bits per heavy atom. The lowest BCUT2D eigenvalue weighted by molar-refractivity contribution is 0.326. The normalized spacial score (nSPS) is 16.3. The summed E-state index contributed by atoms with van der Waals surface area (Å²) in [7, 11) is 0. The van der Waals surface area contributed by atoms with Gasteiger partial charge in [-0.05, 0) is 31.6 Å². The molecule has 2 N–H and O–H groups in total.